The summed E-state index contributed by atoms with van der Waals surface area (Å²) in [6.45, 7) is 3.54. The molecule has 45 heavy (non-hydrogen) atoms. The minimum absolute atomic E-state index is 0.0372. The summed E-state index contributed by atoms with van der Waals surface area (Å²) in [6, 6.07) is 28.0. The number of rotatable bonds is 10. The molecule has 0 aromatic heterocycles. The highest BCUT2D eigenvalue weighted by molar-refractivity contribution is 7.89. The summed E-state index contributed by atoms with van der Waals surface area (Å²) < 4.78 is 36.0. The molecule has 2 unspecified atom stereocenters. The first-order valence-electron chi connectivity index (χ1n) is 15.7. The van der Waals surface area contributed by atoms with E-state index in [-0.39, 0.29) is 23.3 Å². The molecular formula is C36H42N4O4S. The van der Waals surface area contributed by atoms with E-state index in [9.17, 15) is 13.2 Å². The molecular weight excluding hydrogens is 584 g/mol. The molecule has 6 rings (SSSR count). The number of likely N-dealkylation sites (tertiary alicyclic amines) is 1. The second kappa shape index (κ2) is 13.7. The SMILES string of the molecule is CN(C)C1CCN(Cc2ccc3c(c2)OCCC3NC(=O)CC(NS(=O)(=O)c2ccc3ccccc3c2)c2ccccc2)CC1. The Bertz CT molecular complexity index is 1740. The van der Waals surface area contributed by atoms with Crippen molar-refractivity contribution in [3.8, 4) is 5.75 Å². The van der Waals surface area contributed by atoms with Gasteiger partial charge in [0.05, 0.1) is 23.6 Å². The highest BCUT2D eigenvalue weighted by atomic mass is 32.2. The number of hydrogen-bond acceptors (Lipinski definition) is 6. The second-order valence-electron chi connectivity index (χ2n) is 12.4. The molecule has 1 amide bonds. The van der Waals surface area contributed by atoms with E-state index in [0.717, 1.165) is 47.3 Å². The van der Waals surface area contributed by atoms with Crippen LogP contribution in [0.2, 0.25) is 0 Å². The van der Waals surface area contributed by atoms with Gasteiger partial charge in [0, 0.05) is 31.0 Å². The van der Waals surface area contributed by atoms with Gasteiger partial charge in [-0.15, -0.1) is 0 Å². The van der Waals surface area contributed by atoms with Gasteiger partial charge in [-0.2, -0.15) is 0 Å². The van der Waals surface area contributed by atoms with E-state index < -0.39 is 16.1 Å². The Morgan fingerprint density at radius 1 is 0.911 bits per heavy atom. The lowest BCUT2D eigenvalue weighted by atomic mass is 9.97. The van der Waals surface area contributed by atoms with E-state index in [2.05, 4.69) is 52.1 Å². The maximum atomic E-state index is 13.6. The molecule has 2 aliphatic heterocycles. The number of sulfonamides is 1. The Morgan fingerprint density at radius 2 is 1.64 bits per heavy atom. The van der Waals surface area contributed by atoms with Crippen molar-refractivity contribution in [1.29, 1.82) is 0 Å². The van der Waals surface area contributed by atoms with Crippen LogP contribution < -0.4 is 14.8 Å². The van der Waals surface area contributed by atoms with Gasteiger partial charge >= 0.3 is 0 Å². The average Bonchev–Trinajstić information content (AvgIpc) is 3.05. The number of carbonyl (C=O) groups is 1. The van der Waals surface area contributed by atoms with Crippen LogP contribution in [0.3, 0.4) is 0 Å². The van der Waals surface area contributed by atoms with Gasteiger partial charge in [0.15, 0.2) is 0 Å². The summed E-state index contributed by atoms with van der Waals surface area (Å²) in [5.41, 5.74) is 2.89. The van der Waals surface area contributed by atoms with Crippen molar-refractivity contribution in [2.75, 3.05) is 33.8 Å². The molecule has 0 bridgehead atoms. The fourth-order valence-corrected chi connectivity index (χ4v) is 7.74. The summed E-state index contributed by atoms with van der Waals surface area (Å²) in [4.78, 5) is 18.5. The zero-order chi connectivity index (χ0) is 31.4. The second-order valence-corrected chi connectivity index (χ2v) is 14.1. The third-order valence-electron chi connectivity index (χ3n) is 9.07. The zero-order valence-corrected chi connectivity index (χ0v) is 26.8. The molecule has 1 fully saturated rings. The number of nitrogens with zero attached hydrogens (tertiary/aromatic N) is 2. The van der Waals surface area contributed by atoms with E-state index in [1.807, 2.05) is 54.6 Å². The highest BCUT2D eigenvalue weighted by Gasteiger charge is 2.28. The average molecular weight is 627 g/mol. The molecule has 1 saturated heterocycles. The number of amides is 1. The highest BCUT2D eigenvalue weighted by Crippen LogP contribution is 2.34. The van der Waals surface area contributed by atoms with Gasteiger partial charge in [-0.25, -0.2) is 13.1 Å². The van der Waals surface area contributed by atoms with Crippen molar-refractivity contribution in [3.05, 3.63) is 108 Å². The van der Waals surface area contributed by atoms with Gasteiger partial charge in [-0.3, -0.25) is 9.69 Å². The molecule has 9 heteroatoms. The van der Waals surface area contributed by atoms with Gasteiger partial charge in [0.1, 0.15) is 5.75 Å². The third-order valence-corrected chi connectivity index (χ3v) is 10.5. The van der Waals surface area contributed by atoms with Crippen LogP contribution in [-0.2, 0) is 21.4 Å². The maximum Gasteiger partial charge on any atom is 0.241 e. The van der Waals surface area contributed by atoms with Crippen LogP contribution in [0, 0.1) is 0 Å². The van der Waals surface area contributed by atoms with E-state index in [0.29, 0.717) is 19.1 Å². The molecule has 0 spiro atoms. The first-order valence-corrected chi connectivity index (χ1v) is 17.2. The molecule has 2 heterocycles. The molecule has 8 nitrogen and oxygen atoms in total. The molecule has 2 aliphatic rings. The van der Waals surface area contributed by atoms with Crippen molar-refractivity contribution < 1.29 is 17.9 Å². The molecule has 0 radical (unpaired) electrons. The summed E-state index contributed by atoms with van der Waals surface area (Å²) in [5, 5.41) is 4.97. The van der Waals surface area contributed by atoms with Crippen LogP contribution in [0.4, 0.5) is 0 Å². The normalized spacial score (nSPS) is 18.3. The number of ether oxygens (including phenoxy) is 1. The quantitative estimate of drug-likeness (QED) is 0.245. The first kappa shape index (κ1) is 31.2. The van der Waals surface area contributed by atoms with Crippen LogP contribution in [0.5, 0.6) is 5.75 Å². The molecule has 2 N–H and O–H groups in total. The minimum Gasteiger partial charge on any atom is -0.493 e. The summed E-state index contributed by atoms with van der Waals surface area (Å²) in [5.74, 6) is 0.583. The third kappa shape index (κ3) is 7.56. The standard InChI is InChI=1S/C36H42N4O4S/c1-39(2)30-16-19-40(20-17-30)25-26-12-15-32-33(18-21-44-35(32)22-26)37-36(41)24-34(28-9-4-3-5-10-28)38-45(42,43)31-14-13-27-8-6-7-11-29(27)23-31/h3-15,22-23,30,33-34,38H,16-21,24-25H2,1-2H3,(H,37,41). The first-order chi connectivity index (χ1) is 21.7. The van der Waals surface area contributed by atoms with Gasteiger partial charge in [-0.1, -0.05) is 72.8 Å². The number of nitrogens with one attached hydrogen (secondary N) is 2. The fourth-order valence-electron chi connectivity index (χ4n) is 6.48. The minimum atomic E-state index is -3.91. The fraction of sp³-hybridized carbons (Fsp3) is 0.361. The number of piperidine rings is 1. The number of benzene rings is 4. The summed E-state index contributed by atoms with van der Waals surface area (Å²) in [6.07, 6.45) is 2.95. The topological polar surface area (TPSA) is 91.0 Å². The molecule has 0 aliphatic carbocycles. The van der Waals surface area contributed by atoms with Gasteiger partial charge < -0.3 is 15.0 Å². The molecule has 0 saturated carbocycles. The predicted molar refractivity (Wildman–Crippen MR) is 177 cm³/mol. The van der Waals surface area contributed by atoms with Crippen LogP contribution in [0.15, 0.2) is 95.9 Å². The van der Waals surface area contributed by atoms with E-state index in [4.69, 9.17) is 4.74 Å². The van der Waals surface area contributed by atoms with E-state index in [1.54, 1.807) is 18.2 Å². The Hall–Kier alpha value is -3.76. The largest absolute Gasteiger partial charge is 0.493 e. The smallest absolute Gasteiger partial charge is 0.241 e. The van der Waals surface area contributed by atoms with E-state index >= 15 is 0 Å². The lowest BCUT2D eigenvalue weighted by molar-refractivity contribution is -0.122. The summed E-state index contributed by atoms with van der Waals surface area (Å²) in [7, 11) is 0.404. The van der Waals surface area contributed by atoms with Gasteiger partial charge in [0.2, 0.25) is 15.9 Å². The van der Waals surface area contributed by atoms with Gasteiger partial charge in [-0.05, 0) is 80.1 Å². The van der Waals surface area contributed by atoms with Crippen molar-refractivity contribution in [3.63, 3.8) is 0 Å². The molecule has 2 atom stereocenters. The van der Waals surface area contributed by atoms with Gasteiger partial charge in [0.25, 0.3) is 0 Å². The summed E-state index contributed by atoms with van der Waals surface area (Å²) >= 11 is 0. The number of hydrogen-bond donors (Lipinski definition) is 2. The molecule has 4 aromatic carbocycles. The Balaban J connectivity index is 1.13. The van der Waals surface area contributed by atoms with E-state index in [1.165, 1.54) is 18.4 Å². The van der Waals surface area contributed by atoms with Crippen molar-refractivity contribution in [1.82, 2.24) is 19.8 Å². The molecule has 236 valence electrons. The lowest BCUT2D eigenvalue weighted by Gasteiger charge is -2.35. The maximum absolute atomic E-state index is 13.6. The molecule has 4 aromatic rings. The van der Waals surface area contributed by atoms with Crippen LogP contribution >= 0.6 is 0 Å². The Labute approximate surface area is 266 Å². The predicted octanol–water partition coefficient (Wildman–Crippen LogP) is 5.42. The lowest BCUT2D eigenvalue weighted by Crippen LogP contribution is -2.41. The number of carbonyl (C=O) groups excluding carboxylic acids is 1. The van der Waals surface area contributed by atoms with Crippen molar-refractivity contribution in [2.45, 2.75) is 55.2 Å². The van der Waals surface area contributed by atoms with Crippen molar-refractivity contribution >= 4 is 26.7 Å². The number of fused-ring (bicyclic) bond motifs is 2. The Kier molecular flexibility index (Phi) is 9.51. The van der Waals surface area contributed by atoms with Crippen LogP contribution in [-0.4, -0.2) is 64.0 Å². The van der Waals surface area contributed by atoms with Crippen molar-refractivity contribution in [2.24, 2.45) is 0 Å². The monoisotopic (exact) mass is 626 g/mol. The zero-order valence-electron chi connectivity index (χ0n) is 26.0. The Morgan fingerprint density at radius 3 is 2.40 bits per heavy atom. The van der Waals surface area contributed by atoms with Crippen LogP contribution in [0.25, 0.3) is 10.8 Å². The van der Waals surface area contributed by atoms with Crippen LogP contribution in [0.1, 0.15) is 54.5 Å².